The van der Waals surface area contributed by atoms with Crippen LogP contribution in [-0.2, 0) is 10.2 Å². The molecular weight excluding hydrogens is 252 g/mol. The summed E-state index contributed by atoms with van der Waals surface area (Å²) in [5, 5.41) is 13.9. The van der Waals surface area contributed by atoms with Gasteiger partial charge in [0.25, 0.3) is 0 Å². The van der Waals surface area contributed by atoms with Gasteiger partial charge in [0, 0.05) is 6.20 Å². The van der Waals surface area contributed by atoms with E-state index < -0.39 is 11.4 Å². The minimum Gasteiger partial charge on any atom is -0.481 e. The first-order valence-corrected chi connectivity index (χ1v) is 6.97. The van der Waals surface area contributed by atoms with Crippen molar-refractivity contribution in [2.24, 2.45) is 0 Å². The second kappa shape index (κ2) is 4.78. The molecule has 1 aliphatic carbocycles. The lowest BCUT2D eigenvalue weighted by molar-refractivity contribution is -0.143. The summed E-state index contributed by atoms with van der Waals surface area (Å²) in [6.07, 6.45) is 7.23. The highest BCUT2D eigenvalue weighted by Gasteiger charge is 2.42. The molecule has 1 aromatic carbocycles. The Morgan fingerprint density at radius 3 is 2.40 bits per heavy atom. The van der Waals surface area contributed by atoms with Gasteiger partial charge in [-0.1, -0.05) is 25.0 Å². The SMILES string of the molecule is Cc1cnn(-c2ccc(C3(C(=O)O)CCCC3)cc2)c1. The lowest BCUT2D eigenvalue weighted by Crippen LogP contribution is -2.32. The van der Waals surface area contributed by atoms with E-state index in [0.717, 1.165) is 42.5 Å². The van der Waals surface area contributed by atoms with E-state index >= 15 is 0 Å². The first kappa shape index (κ1) is 12.9. The maximum atomic E-state index is 11.7. The highest BCUT2D eigenvalue weighted by atomic mass is 16.4. The van der Waals surface area contributed by atoms with Gasteiger partial charge in [0.1, 0.15) is 0 Å². The number of rotatable bonds is 3. The molecule has 1 fully saturated rings. The molecule has 1 heterocycles. The van der Waals surface area contributed by atoms with Crippen molar-refractivity contribution in [2.45, 2.75) is 38.0 Å². The van der Waals surface area contributed by atoms with Crippen LogP contribution < -0.4 is 0 Å². The Balaban J connectivity index is 1.95. The molecule has 3 rings (SSSR count). The van der Waals surface area contributed by atoms with Crippen LogP contribution in [0.25, 0.3) is 5.69 Å². The van der Waals surface area contributed by atoms with E-state index in [1.807, 2.05) is 43.6 Å². The number of aromatic nitrogens is 2. The highest BCUT2D eigenvalue weighted by Crippen LogP contribution is 2.41. The van der Waals surface area contributed by atoms with Crippen LogP contribution in [0.15, 0.2) is 36.7 Å². The van der Waals surface area contributed by atoms with Crippen molar-refractivity contribution in [3.05, 3.63) is 47.8 Å². The average Bonchev–Trinajstić information content (AvgIpc) is 3.08. The van der Waals surface area contributed by atoms with Crippen molar-refractivity contribution in [3.8, 4) is 5.69 Å². The number of nitrogens with zero attached hydrogens (tertiary/aromatic N) is 2. The molecule has 0 radical (unpaired) electrons. The van der Waals surface area contributed by atoms with Crippen LogP contribution in [0.5, 0.6) is 0 Å². The van der Waals surface area contributed by atoms with Crippen molar-refractivity contribution >= 4 is 5.97 Å². The van der Waals surface area contributed by atoms with Crippen LogP contribution in [0.3, 0.4) is 0 Å². The zero-order valence-electron chi connectivity index (χ0n) is 11.5. The summed E-state index contributed by atoms with van der Waals surface area (Å²) in [5.41, 5.74) is 2.29. The Bertz CT molecular complexity index is 622. The van der Waals surface area contributed by atoms with Gasteiger partial charge in [0.05, 0.1) is 17.3 Å². The van der Waals surface area contributed by atoms with Crippen LogP contribution in [-0.4, -0.2) is 20.9 Å². The summed E-state index contributed by atoms with van der Waals surface area (Å²) in [7, 11) is 0. The van der Waals surface area contributed by atoms with Crippen molar-refractivity contribution in [2.75, 3.05) is 0 Å². The predicted octanol–water partition coefficient (Wildman–Crippen LogP) is 3.08. The number of carboxylic acid groups (broad SMARTS) is 1. The molecule has 2 aromatic rings. The van der Waals surface area contributed by atoms with E-state index in [1.54, 1.807) is 4.68 Å². The van der Waals surface area contributed by atoms with Gasteiger partial charge in [0.15, 0.2) is 0 Å². The first-order valence-electron chi connectivity index (χ1n) is 6.97. The molecule has 1 N–H and O–H groups in total. The van der Waals surface area contributed by atoms with Crippen LogP contribution in [0.2, 0.25) is 0 Å². The molecule has 0 atom stereocenters. The molecule has 0 aliphatic heterocycles. The van der Waals surface area contributed by atoms with Gasteiger partial charge in [-0.25, -0.2) is 4.68 Å². The molecule has 0 unspecified atom stereocenters. The number of hydrogen-bond donors (Lipinski definition) is 1. The monoisotopic (exact) mass is 270 g/mol. The quantitative estimate of drug-likeness (QED) is 0.932. The number of benzene rings is 1. The Morgan fingerprint density at radius 2 is 1.90 bits per heavy atom. The fraction of sp³-hybridized carbons (Fsp3) is 0.375. The van der Waals surface area contributed by atoms with Crippen LogP contribution in [0, 0.1) is 6.92 Å². The van der Waals surface area contributed by atoms with E-state index in [-0.39, 0.29) is 0 Å². The summed E-state index contributed by atoms with van der Waals surface area (Å²) in [6.45, 7) is 2.00. The molecule has 4 heteroatoms. The largest absolute Gasteiger partial charge is 0.481 e. The molecule has 0 amide bonds. The van der Waals surface area contributed by atoms with Crippen molar-refractivity contribution < 1.29 is 9.90 Å². The van der Waals surface area contributed by atoms with Gasteiger partial charge in [-0.05, 0) is 43.0 Å². The molecule has 1 aromatic heterocycles. The van der Waals surface area contributed by atoms with Crippen molar-refractivity contribution in [3.63, 3.8) is 0 Å². The third-order valence-corrected chi connectivity index (χ3v) is 4.26. The van der Waals surface area contributed by atoms with E-state index in [1.165, 1.54) is 0 Å². The molecule has 0 saturated heterocycles. The molecule has 4 nitrogen and oxygen atoms in total. The van der Waals surface area contributed by atoms with Gasteiger partial charge in [-0.3, -0.25) is 4.79 Å². The predicted molar refractivity (Wildman–Crippen MR) is 76.1 cm³/mol. The highest BCUT2D eigenvalue weighted by molar-refractivity contribution is 5.81. The topological polar surface area (TPSA) is 55.1 Å². The fourth-order valence-corrected chi connectivity index (χ4v) is 3.09. The second-order valence-electron chi connectivity index (χ2n) is 5.60. The number of carbonyl (C=O) groups is 1. The van der Waals surface area contributed by atoms with Gasteiger partial charge >= 0.3 is 5.97 Å². The molecule has 1 saturated carbocycles. The van der Waals surface area contributed by atoms with Crippen LogP contribution >= 0.6 is 0 Å². The molecule has 1 aliphatic rings. The maximum Gasteiger partial charge on any atom is 0.314 e. The fourth-order valence-electron chi connectivity index (χ4n) is 3.09. The molecule has 0 spiro atoms. The van der Waals surface area contributed by atoms with Gasteiger partial charge < -0.3 is 5.11 Å². The third kappa shape index (κ3) is 2.01. The molecule has 20 heavy (non-hydrogen) atoms. The van der Waals surface area contributed by atoms with E-state index in [2.05, 4.69) is 5.10 Å². The number of carboxylic acids is 1. The number of aliphatic carboxylic acids is 1. The van der Waals surface area contributed by atoms with Crippen LogP contribution in [0.4, 0.5) is 0 Å². The lowest BCUT2D eigenvalue weighted by atomic mass is 9.79. The summed E-state index contributed by atoms with van der Waals surface area (Å²) in [5.74, 6) is -0.697. The van der Waals surface area contributed by atoms with E-state index in [0.29, 0.717) is 0 Å². The van der Waals surface area contributed by atoms with Gasteiger partial charge in [0.2, 0.25) is 0 Å². The minimum absolute atomic E-state index is 0.682. The normalized spacial score (nSPS) is 17.2. The number of hydrogen-bond acceptors (Lipinski definition) is 2. The Morgan fingerprint density at radius 1 is 1.25 bits per heavy atom. The van der Waals surface area contributed by atoms with Crippen molar-refractivity contribution in [1.29, 1.82) is 0 Å². The van der Waals surface area contributed by atoms with E-state index in [9.17, 15) is 9.90 Å². The van der Waals surface area contributed by atoms with Crippen LogP contribution in [0.1, 0.15) is 36.8 Å². The molecular formula is C16H18N2O2. The average molecular weight is 270 g/mol. The standard InChI is InChI=1S/C16H18N2O2/c1-12-10-17-18(11-12)14-6-4-13(5-7-14)16(15(19)20)8-2-3-9-16/h4-7,10-11H,2-3,8-9H2,1H3,(H,19,20). The summed E-state index contributed by atoms with van der Waals surface area (Å²) >= 11 is 0. The maximum absolute atomic E-state index is 11.7. The Kier molecular flexibility index (Phi) is 3.08. The smallest absolute Gasteiger partial charge is 0.314 e. The number of aryl methyl sites for hydroxylation is 1. The third-order valence-electron chi connectivity index (χ3n) is 4.26. The first-order chi connectivity index (χ1) is 9.62. The Hall–Kier alpha value is -2.10. The lowest BCUT2D eigenvalue weighted by Gasteiger charge is -2.24. The zero-order chi connectivity index (χ0) is 14.2. The molecule has 0 bridgehead atoms. The molecule has 104 valence electrons. The Labute approximate surface area is 118 Å². The summed E-state index contributed by atoms with van der Waals surface area (Å²) < 4.78 is 1.81. The second-order valence-corrected chi connectivity index (χ2v) is 5.60. The zero-order valence-corrected chi connectivity index (χ0v) is 11.5. The van der Waals surface area contributed by atoms with Crippen molar-refractivity contribution in [1.82, 2.24) is 9.78 Å². The van der Waals surface area contributed by atoms with Gasteiger partial charge in [-0.15, -0.1) is 0 Å². The van der Waals surface area contributed by atoms with E-state index in [4.69, 9.17) is 0 Å². The van der Waals surface area contributed by atoms with Gasteiger partial charge in [-0.2, -0.15) is 5.10 Å². The minimum atomic E-state index is -0.697. The summed E-state index contributed by atoms with van der Waals surface area (Å²) in [4.78, 5) is 11.7. The summed E-state index contributed by atoms with van der Waals surface area (Å²) in [6, 6.07) is 7.77.